The van der Waals surface area contributed by atoms with E-state index in [0.717, 1.165) is 12.6 Å². The van der Waals surface area contributed by atoms with Gasteiger partial charge in [-0.3, -0.25) is 4.90 Å². The van der Waals surface area contributed by atoms with Crippen LogP contribution in [-0.2, 0) is 0 Å². The maximum Gasteiger partial charge on any atom is 0.0226 e. The minimum atomic E-state index is 0.563. The van der Waals surface area contributed by atoms with Gasteiger partial charge in [0.15, 0.2) is 0 Å². The number of rotatable bonds is 7. The lowest BCUT2D eigenvalue weighted by atomic mass is 9.75. The van der Waals surface area contributed by atoms with Crippen LogP contribution in [0, 0.1) is 5.41 Å². The third kappa shape index (κ3) is 5.10. The van der Waals surface area contributed by atoms with Gasteiger partial charge >= 0.3 is 0 Å². The van der Waals surface area contributed by atoms with Crippen LogP contribution in [0.5, 0.6) is 0 Å². The summed E-state index contributed by atoms with van der Waals surface area (Å²) < 4.78 is 0. The molecule has 0 radical (unpaired) electrons. The molecule has 1 unspecified atom stereocenters. The van der Waals surface area contributed by atoms with Gasteiger partial charge in [0.05, 0.1) is 0 Å². The standard InChI is InChI=1S/C15H32N2S/c1-5-18-11-8-14(12-16)17(4)13-6-9-15(2,3)10-7-13/h13-14H,5-12,16H2,1-4H3. The molecule has 0 aromatic heterocycles. The highest BCUT2D eigenvalue weighted by atomic mass is 32.2. The second-order valence-corrected chi connectivity index (χ2v) is 7.83. The zero-order chi connectivity index (χ0) is 13.6. The molecule has 1 saturated carbocycles. The van der Waals surface area contributed by atoms with Gasteiger partial charge in [0.25, 0.3) is 0 Å². The summed E-state index contributed by atoms with van der Waals surface area (Å²) in [6.07, 6.45) is 6.67. The van der Waals surface area contributed by atoms with E-state index < -0.39 is 0 Å². The van der Waals surface area contributed by atoms with Crippen molar-refractivity contribution >= 4 is 11.8 Å². The van der Waals surface area contributed by atoms with Crippen molar-refractivity contribution in [2.24, 2.45) is 11.1 Å². The quantitative estimate of drug-likeness (QED) is 0.721. The Morgan fingerprint density at radius 3 is 2.44 bits per heavy atom. The maximum atomic E-state index is 5.96. The van der Waals surface area contributed by atoms with Gasteiger partial charge < -0.3 is 5.73 Å². The second-order valence-electron chi connectivity index (χ2n) is 6.44. The van der Waals surface area contributed by atoms with Crippen molar-refractivity contribution in [3.63, 3.8) is 0 Å². The lowest BCUT2D eigenvalue weighted by molar-refractivity contribution is 0.0955. The predicted molar refractivity (Wildman–Crippen MR) is 84.3 cm³/mol. The molecule has 3 heteroatoms. The van der Waals surface area contributed by atoms with Crippen molar-refractivity contribution < 1.29 is 0 Å². The normalized spacial score (nSPS) is 22.3. The van der Waals surface area contributed by atoms with Crippen LogP contribution in [0.15, 0.2) is 0 Å². The minimum Gasteiger partial charge on any atom is -0.329 e. The minimum absolute atomic E-state index is 0.563. The SMILES string of the molecule is CCSCCC(CN)N(C)C1CCC(C)(C)CC1. The molecule has 1 aliphatic rings. The van der Waals surface area contributed by atoms with Gasteiger partial charge in [-0.25, -0.2) is 0 Å². The predicted octanol–water partition coefficient (Wildman–Crippen LogP) is 3.36. The highest BCUT2D eigenvalue weighted by molar-refractivity contribution is 7.99. The van der Waals surface area contributed by atoms with Crippen LogP contribution < -0.4 is 5.73 Å². The van der Waals surface area contributed by atoms with E-state index in [1.165, 1.54) is 43.6 Å². The molecule has 1 fully saturated rings. The summed E-state index contributed by atoms with van der Waals surface area (Å²) in [7, 11) is 2.29. The second kappa shape index (κ2) is 7.76. The third-order valence-electron chi connectivity index (χ3n) is 4.53. The molecule has 2 nitrogen and oxygen atoms in total. The molecular weight excluding hydrogens is 240 g/mol. The third-order valence-corrected chi connectivity index (χ3v) is 5.46. The summed E-state index contributed by atoms with van der Waals surface area (Å²) in [4.78, 5) is 2.57. The Balaban J connectivity index is 2.39. The molecule has 2 N–H and O–H groups in total. The van der Waals surface area contributed by atoms with Crippen molar-refractivity contribution in [2.75, 3.05) is 25.1 Å². The number of hydrogen-bond acceptors (Lipinski definition) is 3. The molecule has 1 atom stereocenters. The van der Waals surface area contributed by atoms with Gasteiger partial charge in [-0.1, -0.05) is 20.8 Å². The molecule has 108 valence electrons. The largest absolute Gasteiger partial charge is 0.329 e. The zero-order valence-electron chi connectivity index (χ0n) is 12.7. The van der Waals surface area contributed by atoms with E-state index in [0.29, 0.717) is 11.5 Å². The summed E-state index contributed by atoms with van der Waals surface area (Å²) >= 11 is 2.03. The molecule has 1 aliphatic carbocycles. The Bertz CT molecular complexity index is 221. The molecule has 0 amide bonds. The number of thioether (sulfide) groups is 1. The van der Waals surface area contributed by atoms with Crippen molar-refractivity contribution in [3.05, 3.63) is 0 Å². The molecule has 0 heterocycles. The van der Waals surface area contributed by atoms with E-state index >= 15 is 0 Å². The fourth-order valence-electron chi connectivity index (χ4n) is 2.94. The van der Waals surface area contributed by atoms with Gasteiger partial charge in [0.2, 0.25) is 0 Å². The first kappa shape index (κ1) is 16.3. The Labute approximate surface area is 118 Å². The number of likely N-dealkylation sites (N-methyl/N-ethyl adjacent to an activating group) is 1. The van der Waals surface area contributed by atoms with Crippen LogP contribution in [0.25, 0.3) is 0 Å². The maximum absolute atomic E-state index is 5.96. The van der Waals surface area contributed by atoms with E-state index in [4.69, 9.17) is 5.73 Å². The summed E-state index contributed by atoms with van der Waals surface area (Å²) in [5.41, 5.74) is 6.53. The molecule has 0 aromatic rings. The van der Waals surface area contributed by atoms with E-state index in [-0.39, 0.29) is 0 Å². The van der Waals surface area contributed by atoms with Gasteiger partial charge in [0.1, 0.15) is 0 Å². The first-order chi connectivity index (χ1) is 8.50. The first-order valence-electron chi connectivity index (χ1n) is 7.50. The molecule has 0 bridgehead atoms. The van der Waals surface area contributed by atoms with Crippen LogP contribution in [0.4, 0.5) is 0 Å². The zero-order valence-corrected chi connectivity index (χ0v) is 13.6. The smallest absolute Gasteiger partial charge is 0.0226 e. The van der Waals surface area contributed by atoms with Crippen molar-refractivity contribution in [3.8, 4) is 0 Å². The van der Waals surface area contributed by atoms with Crippen LogP contribution in [0.2, 0.25) is 0 Å². The van der Waals surface area contributed by atoms with Gasteiger partial charge in [-0.2, -0.15) is 11.8 Å². The molecule has 0 aliphatic heterocycles. The highest BCUT2D eigenvalue weighted by Gasteiger charge is 2.30. The molecule has 18 heavy (non-hydrogen) atoms. The first-order valence-corrected chi connectivity index (χ1v) is 8.65. The van der Waals surface area contributed by atoms with Crippen LogP contribution in [0.3, 0.4) is 0 Å². The van der Waals surface area contributed by atoms with Gasteiger partial charge in [-0.05, 0) is 56.1 Å². The lowest BCUT2D eigenvalue weighted by Gasteiger charge is -2.41. The Morgan fingerprint density at radius 1 is 1.33 bits per heavy atom. The monoisotopic (exact) mass is 272 g/mol. The summed E-state index contributed by atoms with van der Waals surface area (Å²) in [5.74, 6) is 2.47. The molecule has 0 aromatic carbocycles. The van der Waals surface area contributed by atoms with E-state index in [2.05, 4.69) is 32.7 Å². The van der Waals surface area contributed by atoms with Gasteiger partial charge in [0, 0.05) is 18.6 Å². The highest BCUT2D eigenvalue weighted by Crippen LogP contribution is 2.37. The molecular formula is C15H32N2S. The summed E-state index contributed by atoms with van der Waals surface area (Å²) in [6, 6.07) is 1.34. The fourth-order valence-corrected chi connectivity index (χ4v) is 3.67. The Hall–Kier alpha value is 0.270. The van der Waals surface area contributed by atoms with E-state index in [1.54, 1.807) is 0 Å². The molecule has 0 saturated heterocycles. The number of hydrogen-bond donors (Lipinski definition) is 1. The topological polar surface area (TPSA) is 29.3 Å². The lowest BCUT2D eigenvalue weighted by Crippen LogP contribution is -2.46. The van der Waals surface area contributed by atoms with Crippen LogP contribution >= 0.6 is 11.8 Å². The van der Waals surface area contributed by atoms with Crippen molar-refractivity contribution in [1.82, 2.24) is 4.90 Å². The Morgan fingerprint density at radius 2 is 1.94 bits per heavy atom. The van der Waals surface area contributed by atoms with Crippen LogP contribution in [0.1, 0.15) is 52.9 Å². The van der Waals surface area contributed by atoms with E-state index in [1.807, 2.05) is 11.8 Å². The van der Waals surface area contributed by atoms with Crippen molar-refractivity contribution in [2.45, 2.75) is 65.0 Å². The van der Waals surface area contributed by atoms with Crippen molar-refractivity contribution in [1.29, 1.82) is 0 Å². The Kier molecular flexibility index (Phi) is 7.04. The average molecular weight is 273 g/mol. The molecule has 0 spiro atoms. The summed E-state index contributed by atoms with van der Waals surface area (Å²) in [6.45, 7) is 7.85. The fraction of sp³-hybridized carbons (Fsp3) is 1.00. The average Bonchev–Trinajstić information content (AvgIpc) is 2.34. The summed E-state index contributed by atoms with van der Waals surface area (Å²) in [5, 5.41) is 0. The van der Waals surface area contributed by atoms with Gasteiger partial charge in [-0.15, -0.1) is 0 Å². The molecule has 1 rings (SSSR count). The number of nitrogens with zero attached hydrogens (tertiary/aromatic N) is 1. The van der Waals surface area contributed by atoms with E-state index in [9.17, 15) is 0 Å². The van der Waals surface area contributed by atoms with Crippen LogP contribution in [-0.4, -0.2) is 42.1 Å². The number of nitrogens with two attached hydrogens (primary N) is 1.